The average molecular weight is 332 g/mol. The minimum Gasteiger partial charge on any atom is -0.497 e. The Kier molecular flexibility index (Phi) is 4.84. The standard InChI is InChI=1S/C18H18ClNO3/c1-22-14-7-8-15(16(19)9-14)17-11-20(18(21)12-23-17)10-13-5-3-2-4-6-13/h2-9,17H,10-12H2,1H3/t17-/m1/s1. The fourth-order valence-electron chi connectivity index (χ4n) is 2.66. The van der Waals surface area contributed by atoms with Gasteiger partial charge in [0.25, 0.3) is 0 Å². The summed E-state index contributed by atoms with van der Waals surface area (Å²) < 4.78 is 10.8. The van der Waals surface area contributed by atoms with Gasteiger partial charge in [-0.3, -0.25) is 4.79 Å². The van der Waals surface area contributed by atoms with Crippen LogP contribution in [0, 0.1) is 0 Å². The monoisotopic (exact) mass is 331 g/mol. The number of carbonyl (C=O) groups excluding carboxylic acids is 1. The first-order chi connectivity index (χ1) is 11.2. The molecular weight excluding hydrogens is 314 g/mol. The zero-order valence-electron chi connectivity index (χ0n) is 12.9. The smallest absolute Gasteiger partial charge is 0.249 e. The van der Waals surface area contributed by atoms with E-state index >= 15 is 0 Å². The number of methoxy groups -OCH3 is 1. The van der Waals surface area contributed by atoms with Gasteiger partial charge in [0.15, 0.2) is 0 Å². The normalized spacial score (nSPS) is 18.1. The average Bonchev–Trinajstić information content (AvgIpc) is 2.58. The molecule has 1 atom stereocenters. The van der Waals surface area contributed by atoms with Crippen LogP contribution in [0.25, 0.3) is 0 Å². The first-order valence-corrected chi connectivity index (χ1v) is 7.82. The molecule has 0 aromatic heterocycles. The van der Waals surface area contributed by atoms with Crippen LogP contribution in [0.15, 0.2) is 48.5 Å². The molecule has 4 nitrogen and oxygen atoms in total. The third kappa shape index (κ3) is 3.66. The van der Waals surface area contributed by atoms with E-state index in [1.807, 2.05) is 47.4 Å². The van der Waals surface area contributed by atoms with Crippen molar-refractivity contribution < 1.29 is 14.3 Å². The maximum atomic E-state index is 12.1. The lowest BCUT2D eigenvalue weighted by atomic mass is 10.1. The minimum atomic E-state index is -0.227. The summed E-state index contributed by atoms with van der Waals surface area (Å²) in [7, 11) is 1.60. The number of ether oxygens (including phenoxy) is 2. The van der Waals surface area contributed by atoms with Crippen molar-refractivity contribution in [1.82, 2.24) is 4.90 Å². The van der Waals surface area contributed by atoms with Gasteiger partial charge in [-0.05, 0) is 17.7 Å². The predicted molar refractivity (Wildman–Crippen MR) is 88.6 cm³/mol. The molecule has 0 radical (unpaired) electrons. The van der Waals surface area contributed by atoms with Crippen molar-refractivity contribution in [2.24, 2.45) is 0 Å². The van der Waals surface area contributed by atoms with Crippen molar-refractivity contribution in [2.45, 2.75) is 12.6 Å². The van der Waals surface area contributed by atoms with Crippen molar-refractivity contribution in [3.05, 3.63) is 64.7 Å². The number of nitrogens with zero attached hydrogens (tertiary/aromatic N) is 1. The highest BCUT2D eigenvalue weighted by Crippen LogP contribution is 2.32. The molecule has 0 N–H and O–H groups in total. The Hall–Kier alpha value is -2.04. The van der Waals surface area contributed by atoms with E-state index in [0.29, 0.717) is 23.9 Å². The molecule has 2 aromatic carbocycles. The van der Waals surface area contributed by atoms with E-state index in [0.717, 1.165) is 11.1 Å². The van der Waals surface area contributed by atoms with Gasteiger partial charge < -0.3 is 14.4 Å². The Balaban J connectivity index is 1.76. The molecule has 1 heterocycles. The van der Waals surface area contributed by atoms with Crippen molar-refractivity contribution in [2.75, 3.05) is 20.3 Å². The van der Waals surface area contributed by atoms with Gasteiger partial charge in [-0.2, -0.15) is 0 Å². The van der Waals surface area contributed by atoms with Crippen LogP contribution in [0.5, 0.6) is 5.75 Å². The van der Waals surface area contributed by atoms with Crippen LogP contribution >= 0.6 is 11.6 Å². The first kappa shape index (κ1) is 15.8. The Morgan fingerprint density at radius 1 is 1.26 bits per heavy atom. The van der Waals surface area contributed by atoms with Crippen molar-refractivity contribution in [3.8, 4) is 5.75 Å². The minimum absolute atomic E-state index is 0.00487. The molecule has 3 rings (SSSR count). The van der Waals surface area contributed by atoms with Gasteiger partial charge >= 0.3 is 0 Å². The molecule has 0 spiro atoms. The fourth-order valence-corrected chi connectivity index (χ4v) is 2.95. The lowest BCUT2D eigenvalue weighted by molar-refractivity contribution is -0.150. The molecule has 0 bridgehead atoms. The summed E-state index contributed by atoms with van der Waals surface area (Å²) in [6.07, 6.45) is -0.227. The van der Waals surface area contributed by atoms with Crippen LogP contribution in [0.3, 0.4) is 0 Å². The highest BCUT2D eigenvalue weighted by atomic mass is 35.5. The molecule has 120 valence electrons. The lowest BCUT2D eigenvalue weighted by Gasteiger charge is -2.33. The number of morpholine rings is 1. The highest BCUT2D eigenvalue weighted by molar-refractivity contribution is 6.31. The Bertz CT molecular complexity index is 690. The molecule has 0 aliphatic carbocycles. The molecule has 1 aliphatic rings. The van der Waals surface area contributed by atoms with Crippen LogP contribution < -0.4 is 4.74 Å². The van der Waals surface area contributed by atoms with Crippen LogP contribution in [0.2, 0.25) is 5.02 Å². The van der Waals surface area contributed by atoms with Gasteiger partial charge in [0.2, 0.25) is 5.91 Å². The zero-order chi connectivity index (χ0) is 16.2. The van der Waals surface area contributed by atoms with Gasteiger partial charge in [-0.25, -0.2) is 0 Å². The van der Waals surface area contributed by atoms with E-state index in [1.165, 1.54) is 0 Å². The number of benzene rings is 2. The first-order valence-electron chi connectivity index (χ1n) is 7.44. The van der Waals surface area contributed by atoms with Crippen LogP contribution in [-0.4, -0.2) is 31.1 Å². The Morgan fingerprint density at radius 2 is 2.04 bits per heavy atom. The third-order valence-electron chi connectivity index (χ3n) is 3.92. The number of rotatable bonds is 4. The van der Waals surface area contributed by atoms with Gasteiger partial charge in [0, 0.05) is 12.1 Å². The van der Waals surface area contributed by atoms with Crippen molar-refractivity contribution in [1.29, 1.82) is 0 Å². The van der Waals surface area contributed by atoms with Gasteiger partial charge in [-0.1, -0.05) is 48.0 Å². The Morgan fingerprint density at radius 3 is 2.74 bits per heavy atom. The quantitative estimate of drug-likeness (QED) is 0.861. The predicted octanol–water partition coefficient (Wildman–Crippen LogP) is 3.45. The summed E-state index contributed by atoms with van der Waals surface area (Å²) in [5.41, 5.74) is 1.97. The van der Waals surface area contributed by atoms with E-state index in [4.69, 9.17) is 21.1 Å². The molecule has 1 fully saturated rings. The fraction of sp³-hybridized carbons (Fsp3) is 0.278. The van der Waals surface area contributed by atoms with E-state index < -0.39 is 0 Å². The zero-order valence-corrected chi connectivity index (χ0v) is 13.6. The number of hydrogen-bond acceptors (Lipinski definition) is 3. The summed E-state index contributed by atoms with van der Waals surface area (Å²) >= 11 is 6.32. The molecule has 23 heavy (non-hydrogen) atoms. The third-order valence-corrected chi connectivity index (χ3v) is 4.24. The highest BCUT2D eigenvalue weighted by Gasteiger charge is 2.28. The van der Waals surface area contributed by atoms with Gasteiger partial charge in [-0.15, -0.1) is 0 Å². The molecular formula is C18H18ClNO3. The Labute approximate surface area is 140 Å². The van der Waals surface area contributed by atoms with Gasteiger partial charge in [0.1, 0.15) is 18.5 Å². The summed E-state index contributed by atoms with van der Waals surface area (Å²) in [6, 6.07) is 15.4. The maximum Gasteiger partial charge on any atom is 0.249 e. The molecule has 1 aliphatic heterocycles. The molecule has 2 aromatic rings. The van der Waals surface area contributed by atoms with Crippen molar-refractivity contribution in [3.63, 3.8) is 0 Å². The number of carbonyl (C=O) groups is 1. The number of amides is 1. The van der Waals surface area contributed by atoms with Gasteiger partial charge in [0.05, 0.1) is 18.7 Å². The SMILES string of the molecule is COc1ccc([C@H]2CN(Cc3ccccc3)C(=O)CO2)c(Cl)c1. The van der Waals surface area contributed by atoms with Crippen LogP contribution in [0.1, 0.15) is 17.2 Å². The van der Waals surface area contributed by atoms with E-state index in [2.05, 4.69) is 0 Å². The second-order valence-electron chi connectivity index (χ2n) is 5.45. The number of halogens is 1. The van der Waals surface area contributed by atoms with Crippen LogP contribution in [-0.2, 0) is 16.1 Å². The molecule has 5 heteroatoms. The van der Waals surface area contributed by atoms with E-state index in [1.54, 1.807) is 13.2 Å². The summed E-state index contributed by atoms with van der Waals surface area (Å²) in [5, 5.41) is 0.586. The maximum absolute atomic E-state index is 12.1. The van der Waals surface area contributed by atoms with E-state index in [-0.39, 0.29) is 18.6 Å². The van der Waals surface area contributed by atoms with Crippen LogP contribution in [0.4, 0.5) is 0 Å². The molecule has 0 unspecified atom stereocenters. The lowest BCUT2D eigenvalue weighted by Crippen LogP contribution is -2.42. The second kappa shape index (κ2) is 7.02. The topological polar surface area (TPSA) is 38.8 Å². The second-order valence-corrected chi connectivity index (χ2v) is 5.85. The number of hydrogen-bond donors (Lipinski definition) is 0. The van der Waals surface area contributed by atoms with Crippen molar-refractivity contribution >= 4 is 17.5 Å². The summed E-state index contributed by atoms with van der Waals surface area (Å²) in [5.74, 6) is 0.696. The molecule has 1 saturated heterocycles. The molecule has 0 saturated carbocycles. The molecule has 1 amide bonds. The van der Waals surface area contributed by atoms with E-state index in [9.17, 15) is 4.79 Å². The summed E-state index contributed by atoms with van der Waals surface area (Å²) in [4.78, 5) is 13.9. The largest absolute Gasteiger partial charge is 0.497 e. The summed E-state index contributed by atoms with van der Waals surface area (Å²) in [6.45, 7) is 1.13.